The van der Waals surface area contributed by atoms with Crippen molar-refractivity contribution in [3.63, 3.8) is 0 Å². The van der Waals surface area contributed by atoms with Crippen molar-refractivity contribution >= 4 is 25.6 Å². The predicted molar refractivity (Wildman–Crippen MR) is 90.3 cm³/mol. The van der Waals surface area contributed by atoms with Gasteiger partial charge in [0.25, 0.3) is 0 Å². The highest BCUT2D eigenvalue weighted by Crippen LogP contribution is 2.25. The van der Waals surface area contributed by atoms with Gasteiger partial charge in [0.2, 0.25) is 5.91 Å². The van der Waals surface area contributed by atoms with Crippen LogP contribution >= 0.6 is 0 Å². The van der Waals surface area contributed by atoms with Crippen LogP contribution < -0.4 is 5.32 Å². The number of sulfone groups is 2. The fraction of sp³-hybridized carbons (Fsp3) is 0.562. The zero-order valence-electron chi connectivity index (χ0n) is 13.3. The first kappa shape index (κ1) is 17.4. The summed E-state index contributed by atoms with van der Waals surface area (Å²) >= 11 is 0. The van der Waals surface area contributed by atoms with Crippen molar-refractivity contribution in [1.29, 1.82) is 0 Å². The molecule has 132 valence electrons. The second-order valence-electron chi connectivity index (χ2n) is 6.52. The van der Waals surface area contributed by atoms with E-state index in [1.54, 1.807) is 12.1 Å². The van der Waals surface area contributed by atoms with Crippen LogP contribution in [0.5, 0.6) is 0 Å². The minimum atomic E-state index is -3.51. The molecule has 1 fully saturated rings. The van der Waals surface area contributed by atoms with Crippen molar-refractivity contribution in [1.82, 2.24) is 5.32 Å². The third kappa shape index (κ3) is 3.97. The van der Waals surface area contributed by atoms with Gasteiger partial charge in [-0.2, -0.15) is 0 Å². The lowest BCUT2D eigenvalue weighted by molar-refractivity contribution is -0.121. The average molecular weight is 371 g/mol. The molecule has 1 aliphatic heterocycles. The van der Waals surface area contributed by atoms with E-state index in [4.69, 9.17) is 0 Å². The highest BCUT2D eigenvalue weighted by molar-refractivity contribution is 7.91. The Morgan fingerprint density at radius 1 is 1.21 bits per heavy atom. The number of carbonyl (C=O) groups is 1. The average Bonchev–Trinajstić information content (AvgIpc) is 3.10. The van der Waals surface area contributed by atoms with Crippen LogP contribution in [-0.2, 0) is 37.3 Å². The number of benzene rings is 1. The Morgan fingerprint density at radius 2 is 1.96 bits per heavy atom. The Kier molecular flexibility index (Phi) is 4.70. The number of rotatable bonds is 5. The van der Waals surface area contributed by atoms with Crippen molar-refractivity contribution in [2.45, 2.75) is 43.0 Å². The first-order valence-electron chi connectivity index (χ1n) is 8.09. The quantitative estimate of drug-likeness (QED) is 0.819. The highest BCUT2D eigenvalue weighted by atomic mass is 32.2. The van der Waals surface area contributed by atoms with Gasteiger partial charge < -0.3 is 5.32 Å². The van der Waals surface area contributed by atoms with Crippen LogP contribution in [0.25, 0.3) is 0 Å². The van der Waals surface area contributed by atoms with E-state index < -0.39 is 31.6 Å². The monoisotopic (exact) mass is 371 g/mol. The van der Waals surface area contributed by atoms with Crippen molar-refractivity contribution in [2.75, 3.05) is 17.3 Å². The van der Waals surface area contributed by atoms with Crippen molar-refractivity contribution in [3.8, 4) is 0 Å². The summed E-state index contributed by atoms with van der Waals surface area (Å²) in [5, 5.41) is 2.62. The molecule has 1 amide bonds. The van der Waals surface area contributed by atoms with Gasteiger partial charge in [0.1, 0.15) is 0 Å². The molecule has 2 aliphatic rings. The third-order valence-electron chi connectivity index (χ3n) is 4.62. The fourth-order valence-corrected chi connectivity index (χ4v) is 6.26. The van der Waals surface area contributed by atoms with Crippen LogP contribution in [-0.4, -0.2) is 46.0 Å². The second-order valence-corrected chi connectivity index (χ2v) is 10.9. The number of hydrogen-bond donors (Lipinski definition) is 1. The summed E-state index contributed by atoms with van der Waals surface area (Å²) in [4.78, 5) is 12.2. The first-order valence-corrected chi connectivity index (χ1v) is 11.6. The van der Waals surface area contributed by atoms with Gasteiger partial charge in [-0.15, -0.1) is 0 Å². The number of amides is 1. The molecule has 6 nitrogen and oxygen atoms in total. The van der Waals surface area contributed by atoms with Gasteiger partial charge in [0.05, 0.1) is 22.2 Å². The summed E-state index contributed by atoms with van der Waals surface area (Å²) in [6.07, 6.45) is 3.17. The minimum absolute atomic E-state index is 0.0592. The maximum absolute atomic E-state index is 12.4. The van der Waals surface area contributed by atoms with Crippen LogP contribution in [0, 0.1) is 0 Å². The molecule has 1 aliphatic carbocycles. The molecule has 8 heteroatoms. The van der Waals surface area contributed by atoms with E-state index in [0.29, 0.717) is 6.42 Å². The number of hydrogen-bond acceptors (Lipinski definition) is 5. The fourth-order valence-electron chi connectivity index (χ4n) is 3.30. The summed E-state index contributed by atoms with van der Waals surface area (Å²) in [6.45, 7) is 0. The van der Waals surface area contributed by atoms with E-state index in [2.05, 4.69) is 5.32 Å². The van der Waals surface area contributed by atoms with Crippen LogP contribution in [0.15, 0.2) is 23.1 Å². The van der Waals surface area contributed by atoms with E-state index in [0.717, 1.165) is 24.8 Å². The van der Waals surface area contributed by atoms with Crippen LogP contribution in [0.2, 0.25) is 0 Å². The molecule has 0 saturated carbocycles. The van der Waals surface area contributed by atoms with Crippen molar-refractivity contribution in [3.05, 3.63) is 29.3 Å². The van der Waals surface area contributed by atoms with Gasteiger partial charge in [0.15, 0.2) is 19.7 Å². The third-order valence-corrected chi connectivity index (χ3v) is 8.11. The van der Waals surface area contributed by atoms with E-state index in [1.807, 2.05) is 6.07 Å². The zero-order valence-corrected chi connectivity index (χ0v) is 15.0. The molecule has 1 saturated heterocycles. The Balaban J connectivity index is 1.58. The number of aryl methyl sites for hydroxylation is 2. The van der Waals surface area contributed by atoms with Crippen LogP contribution in [0.1, 0.15) is 30.4 Å². The van der Waals surface area contributed by atoms with Gasteiger partial charge >= 0.3 is 0 Å². The highest BCUT2D eigenvalue weighted by Gasteiger charge is 2.29. The summed E-state index contributed by atoms with van der Waals surface area (Å²) < 4.78 is 47.5. The molecular formula is C16H21NO5S2. The molecule has 1 N–H and O–H groups in total. The molecule has 24 heavy (non-hydrogen) atoms. The SMILES string of the molecule is O=C(CCS(=O)(=O)c1ccc2c(c1)CCC2)NC1CCS(=O)(=O)C1. The van der Waals surface area contributed by atoms with E-state index in [-0.39, 0.29) is 28.6 Å². The molecule has 0 aromatic heterocycles. The second kappa shape index (κ2) is 6.48. The largest absolute Gasteiger partial charge is 0.352 e. The summed E-state index contributed by atoms with van der Waals surface area (Å²) in [5.74, 6) is -0.666. The van der Waals surface area contributed by atoms with E-state index in [9.17, 15) is 21.6 Å². The van der Waals surface area contributed by atoms with Gasteiger partial charge in [-0.05, 0) is 48.9 Å². The van der Waals surface area contributed by atoms with Gasteiger partial charge in [0, 0.05) is 12.5 Å². The van der Waals surface area contributed by atoms with Gasteiger partial charge in [-0.3, -0.25) is 4.79 Å². The lowest BCUT2D eigenvalue weighted by Gasteiger charge is -2.11. The summed E-state index contributed by atoms with van der Waals surface area (Å²) in [7, 11) is -6.58. The predicted octanol–water partition coefficient (Wildman–Crippen LogP) is 0.642. The molecule has 3 rings (SSSR count). The van der Waals surface area contributed by atoms with E-state index >= 15 is 0 Å². The smallest absolute Gasteiger partial charge is 0.221 e. The lowest BCUT2D eigenvalue weighted by Crippen LogP contribution is -2.36. The molecule has 1 atom stereocenters. The maximum Gasteiger partial charge on any atom is 0.221 e. The van der Waals surface area contributed by atoms with E-state index in [1.165, 1.54) is 5.56 Å². The van der Waals surface area contributed by atoms with Crippen molar-refractivity contribution < 1.29 is 21.6 Å². The molecular weight excluding hydrogens is 350 g/mol. The number of carbonyl (C=O) groups excluding carboxylic acids is 1. The Labute approximate surface area is 142 Å². The maximum atomic E-state index is 12.4. The Morgan fingerprint density at radius 3 is 2.67 bits per heavy atom. The lowest BCUT2D eigenvalue weighted by atomic mass is 10.1. The standard InChI is InChI=1S/C16H21NO5S2/c18-16(17-14-6-8-23(19,20)11-14)7-9-24(21,22)15-5-4-12-2-1-3-13(12)10-15/h4-5,10,14H,1-3,6-9,11H2,(H,17,18). The molecule has 0 spiro atoms. The number of nitrogens with one attached hydrogen (secondary N) is 1. The molecule has 1 unspecified atom stereocenters. The normalized spacial score (nSPS) is 22.2. The first-order chi connectivity index (χ1) is 11.3. The summed E-state index contributed by atoms with van der Waals surface area (Å²) in [6, 6.07) is 4.80. The minimum Gasteiger partial charge on any atom is -0.352 e. The topological polar surface area (TPSA) is 97.4 Å². The van der Waals surface area contributed by atoms with Gasteiger partial charge in [-0.25, -0.2) is 16.8 Å². The molecule has 1 heterocycles. The molecule has 0 bridgehead atoms. The molecule has 0 radical (unpaired) electrons. The Hall–Kier alpha value is -1.41. The van der Waals surface area contributed by atoms with Gasteiger partial charge in [-0.1, -0.05) is 6.07 Å². The Bertz CT molecular complexity index is 858. The molecule has 1 aromatic carbocycles. The zero-order chi connectivity index (χ0) is 17.4. The molecule has 1 aromatic rings. The summed E-state index contributed by atoms with van der Waals surface area (Å²) in [5.41, 5.74) is 2.28. The number of fused-ring (bicyclic) bond motifs is 1. The van der Waals surface area contributed by atoms with Crippen LogP contribution in [0.4, 0.5) is 0 Å². The van der Waals surface area contributed by atoms with Crippen molar-refractivity contribution in [2.24, 2.45) is 0 Å². The van der Waals surface area contributed by atoms with Crippen LogP contribution in [0.3, 0.4) is 0 Å².